The van der Waals surface area contributed by atoms with Gasteiger partial charge in [-0.3, -0.25) is 9.78 Å². The van der Waals surface area contributed by atoms with Crippen LogP contribution in [0.25, 0.3) is 11.3 Å². The van der Waals surface area contributed by atoms with Crippen molar-refractivity contribution in [2.75, 3.05) is 7.05 Å². The number of carboxylic acid groups (broad SMARTS) is 1. The van der Waals surface area contributed by atoms with E-state index in [-0.39, 0.29) is 23.8 Å². The molecule has 1 amide bonds. The highest BCUT2D eigenvalue weighted by Crippen LogP contribution is 2.21. The van der Waals surface area contributed by atoms with Gasteiger partial charge in [-0.25, -0.2) is 9.48 Å². The van der Waals surface area contributed by atoms with Gasteiger partial charge in [-0.15, -0.1) is 5.10 Å². The maximum absolute atomic E-state index is 11.4. The molecule has 0 aliphatic carbocycles. The summed E-state index contributed by atoms with van der Waals surface area (Å²) in [6.07, 6.45) is 3.06. The van der Waals surface area contributed by atoms with Crippen LogP contribution in [0, 0.1) is 0 Å². The summed E-state index contributed by atoms with van der Waals surface area (Å²) in [6.45, 7) is -0.110. The number of carbonyl (C=O) groups is 2. The predicted molar refractivity (Wildman–Crippen MR) is 64.3 cm³/mol. The van der Waals surface area contributed by atoms with Crippen LogP contribution in [0.5, 0.6) is 0 Å². The van der Waals surface area contributed by atoms with E-state index in [1.165, 1.54) is 17.9 Å². The summed E-state index contributed by atoms with van der Waals surface area (Å²) in [7, 11) is 1.49. The first-order chi connectivity index (χ1) is 9.13. The number of rotatable bonds is 4. The molecule has 0 radical (unpaired) electrons. The van der Waals surface area contributed by atoms with Crippen LogP contribution in [0.2, 0.25) is 0 Å². The number of pyridine rings is 1. The minimum Gasteiger partial charge on any atom is -0.476 e. The molecule has 0 aliphatic heterocycles. The molecule has 98 valence electrons. The summed E-state index contributed by atoms with van der Waals surface area (Å²) in [5, 5.41) is 18.8. The van der Waals surface area contributed by atoms with Crippen LogP contribution in [-0.2, 0) is 11.3 Å². The highest BCUT2D eigenvalue weighted by atomic mass is 16.4. The minimum absolute atomic E-state index is 0.110. The van der Waals surface area contributed by atoms with Crippen molar-refractivity contribution in [3.05, 3.63) is 30.2 Å². The SMILES string of the molecule is CNC(=O)Cn1nnc(C(=O)O)c1-c1cccnc1. The molecular formula is C11H11N5O3. The molecular weight excluding hydrogens is 250 g/mol. The number of hydrogen-bond acceptors (Lipinski definition) is 5. The van der Waals surface area contributed by atoms with Gasteiger partial charge in [0.05, 0.1) is 0 Å². The van der Waals surface area contributed by atoms with Gasteiger partial charge in [0.15, 0.2) is 5.69 Å². The number of aromatic nitrogens is 4. The fourth-order valence-corrected chi connectivity index (χ4v) is 1.57. The van der Waals surface area contributed by atoms with Gasteiger partial charge in [-0.1, -0.05) is 5.21 Å². The molecule has 0 aliphatic rings. The van der Waals surface area contributed by atoms with Gasteiger partial charge in [0, 0.05) is 25.0 Å². The number of nitrogens with one attached hydrogen (secondary N) is 1. The van der Waals surface area contributed by atoms with Gasteiger partial charge in [0.1, 0.15) is 12.2 Å². The zero-order chi connectivity index (χ0) is 13.8. The molecule has 0 saturated carbocycles. The van der Waals surface area contributed by atoms with E-state index in [9.17, 15) is 9.59 Å². The normalized spacial score (nSPS) is 10.2. The Morgan fingerprint density at radius 2 is 2.26 bits per heavy atom. The zero-order valence-corrected chi connectivity index (χ0v) is 10.1. The monoisotopic (exact) mass is 261 g/mol. The van der Waals surface area contributed by atoms with Crippen LogP contribution in [0.3, 0.4) is 0 Å². The summed E-state index contributed by atoms with van der Waals surface area (Å²) >= 11 is 0. The Morgan fingerprint density at radius 1 is 1.47 bits per heavy atom. The lowest BCUT2D eigenvalue weighted by atomic mass is 10.1. The van der Waals surface area contributed by atoms with Crippen molar-refractivity contribution in [1.82, 2.24) is 25.3 Å². The second-order valence-electron chi connectivity index (χ2n) is 3.66. The molecule has 0 fully saturated rings. The van der Waals surface area contributed by atoms with Gasteiger partial charge in [0.2, 0.25) is 5.91 Å². The van der Waals surface area contributed by atoms with Crippen LogP contribution in [0.1, 0.15) is 10.5 Å². The van der Waals surface area contributed by atoms with Crippen LogP contribution in [0.4, 0.5) is 0 Å². The number of hydrogen-bond donors (Lipinski definition) is 2. The standard InChI is InChI=1S/C11H11N5O3/c1-12-8(17)6-16-10(7-3-2-4-13-5-7)9(11(18)19)14-15-16/h2-5H,6H2,1H3,(H,12,17)(H,18,19). The molecule has 2 heterocycles. The van der Waals surface area contributed by atoms with Crippen molar-refractivity contribution < 1.29 is 14.7 Å². The lowest BCUT2D eigenvalue weighted by molar-refractivity contribution is -0.121. The lowest BCUT2D eigenvalue weighted by Crippen LogP contribution is -2.24. The van der Waals surface area contributed by atoms with Crippen molar-refractivity contribution >= 4 is 11.9 Å². The summed E-state index contributed by atoms with van der Waals surface area (Å²) in [6, 6.07) is 3.34. The van der Waals surface area contributed by atoms with E-state index in [1.807, 2.05) is 0 Å². The van der Waals surface area contributed by atoms with E-state index >= 15 is 0 Å². The Balaban J connectivity index is 2.51. The van der Waals surface area contributed by atoms with Crippen LogP contribution in [-0.4, -0.2) is 44.0 Å². The molecule has 2 aromatic heterocycles. The number of likely N-dealkylation sites (N-methyl/N-ethyl adjacent to an activating group) is 1. The molecule has 0 unspecified atom stereocenters. The Labute approximate surface area is 108 Å². The maximum Gasteiger partial charge on any atom is 0.358 e. The van der Waals surface area contributed by atoms with Crippen LogP contribution < -0.4 is 5.32 Å². The number of carboxylic acids is 1. The van der Waals surface area contributed by atoms with Crippen molar-refractivity contribution in [3.8, 4) is 11.3 Å². The van der Waals surface area contributed by atoms with Gasteiger partial charge < -0.3 is 10.4 Å². The molecule has 0 bridgehead atoms. The quantitative estimate of drug-likeness (QED) is 0.787. The van der Waals surface area contributed by atoms with Gasteiger partial charge >= 0.3 is 5.97 Å². The van der Waals surface area contributed by atoms with Crippen molar-refractivity contribution in [2.45, 2.75) is 6.54 Å². The number of amides is 1. The van der Waals surface area contributed by atoms with Gasteiger partial charge in [-0.2, -0.15) is 0 Å². The second-order valence-corrected chi connectivity index (χ2v) is 3.66. The fraction of sp³-hybridized carbons (Fsp3) is 0.182. The smallest absolute Gasteiger partial charge is 0.358 e. The summed E-state index contributed by atoms with van der Waals surface area (Å²) in [5.41, 5.74) is 0.579. The third-order valence-corrected chi connectivity index (χ3v) is 2.44. The van der Waals surface area contributed by atoms with Crippen molar-refractivity contribution in [1.29, 1.82) is 0 Å². The van der Waals surface area contributed by atoms with E-state index in [0.29, 0.717) is 5.56 Å². The van der Waals surface area contributed by atoms with E-state index in [1.54, 1.807) is 18.3 Å². The Bertz CT molecular complexity index is 608. The zero-order valence-electron chi connectivity index (χ0n) is 10.1. The van der Waals surface area contributed by atoms with E-state index < -0.39 is 5.97 Å². The average molecular weight is 261 g/mol. The first kappa shape index (κ1) is 12.7. The summed E-state index contributed by atoms with van der Waals surface area (Å²) in [5.74, 6) is -1.51. The third kappa shape index (κ3) is 2.57. The summed E-state index contributed by atoms with van der Waals surface area (Å²) < 4.78 is 1.24. The number of aromatic carboxylic acids is 1. The van der Waals surface area contributed by atoms with Crippen LogP contribution in [0.15, 0.2) is 24.5 Å². The molecule has 0 aromatic carbocycles. The molecule has 0 saturated heterocycles. The molecule has 2 N–H and O–H groups in total. The topological polar surface area (TPSA) is 110 Å². The minimum atomic E-state index is -1.21. The molecule has 8 nitrogen and oxygen atoms in total. The Hall–Kier alpha value is -2.77. The van der Waals surface area contributed by atoms with E-state index in [2.05, 4.69) is 20.6 Å². The molecule has 8 heteroatoms. The van der Waals surface area contributed by atoms with Gasteiger partial charge in [0.25, 0.3) is 0 Å². The Kier molecular flexibility index (Phi) is 3.51. The summed E-state index contributed by atoms with van der Waals surface area (Å²) in [4.78, 5) is 26.4. The largest absolute Gasteiger partial charge is 0.476 e. The molecule has 0 atom stereocenters. The van der Waals surface area contributed by atoms with E-state index in [0.717, 1.165) is 0 Å². The Morgan fingerprint density at radius 3 is 2.84 bits per heavy atom. The first-order valence-corrected chi connectivity index (χ1v) is 5.41. The lowest BCUT2D eigenvalue weighted by Gasteiger charge is -2.05. The fourth-order valence-electron chi connectivity index (χ4n) is 1.57. The van der Waals surface area contributed by atoms with Crippen molar-refractivity contribution in [3.63, 3.8) is 0 Å². The molecule has 0 spiro atoms. The third-order valence-electron chi connectivity index (χ3n) is 2.44. The number of nitrogens with zero attached hydrogens (tertiary/aromatic N) is 4. The van der Waals surface area contributed by atoms with Crippen molar-refractivity contribution in [2.24, 2.45) is 0 Å². The average Bonchev–Trinajstić information content (AvgIpc) is 2.83. The predicted octanol–water partition coefficient (Wildman–Crippen LogP) is -0.216. The highest BCUT2D eigenvalue weighted by Gasteiger charge is 2.21. The molecule has 2 rings (SSSR count). The highest BCUT2D eigenvalue weighted by molar-refractivity contribution is 5.92. The molecule has 2 aromatic rings. The molecule has 19 heavy (non-hydrogen) atoms. The van der Waals surface area contributed by atoms with Gasteiger partial charge in [-0.05, 0) is 12.1 Å². The number of carbonyl (C=O) groups excluding carboxylic acids is 1. The first-order valence-electron chi connectivity index (χ1n) is 5.41. The van der Waals surface area contributed by atoms with Crippen LogP contribution >= 0.6 is 0 Å². The second kappa shape index (κ2) is 5.25. The maximum atomic E-state index is 11.4. The van der Waals surface area contributed by atoms with E-state index in [4.69, 9.17) is 5.11 Å².